The van der Waals surface area contributed by atoms with Crippen LogP contribution >= 0.6 is 0 Å². The van der Waals surface area contributed by atoms with E-state index in [2.05, 4.69) is 15.2 Å². The molecule has 1 heterocycles. The average molecular weight is 369 g/mol. The summed E-state index contributed by atoms with van der Waals surface area (Å²) in [6, 6.07) is 5.37. The van der Waals surface area contributed by atoms with Gasteiger partial charge in [0.15, 0.2) is 17.3 Å². The van der Waals surface area contributed by atoms with Crippen molar-refractivity contribution in [2.45, 2.75) is 13.5 Å². The number of methoxy groups -OCH3 is 1. The quantitative estimate of drug-likeness (QED) is 0.805. The number of benzene rings is 1. The summed E-state index contributed by atoms with van der Waals surface area (Å²) in [6.45, 7) is -1.67. The van der Waals surface area contributed by atoms with Crippen LogP contribution in [0.2, 0.25) is 0 Å². The van der Waals surface area contributed by atoms with Gasteiger partial charge in [0.25, 0.3) is 5.91 Å². The molecular weight excluding hydrogens is 352 g/mol. The Morgan fingerprint density at radius 2 is 2.04 bits per heavy atom. The summed E-state index contributed by atoms with van der Waals surface area (Å²) in [6.07, 6.45) is 0. The summed E-state index contributed by atoms with van der Waals surface area (Å²) < 4.78 is 39.0. The van der Waals surface area contributed by atoms with Crippen LogP contribution in [0.3, 0.4) is 0 Å². The Morgan fingerprint density at radius 1 is 1.31 bits per heavy atom. The van der Waals surface area contributed by atoms with E-state index in [9.17, 15) is 18.4 Å². The van der Waals surface area contributed by atoms with Crippen molar-refractivity contribution in [3.8, 4) is 11.5 Å². The van der Waals surface area contributed by atoms with Crippen LogP contribution in [0.1, 0.15) is 16.1 Å². The Balaban J connectivity index is 2.05. The van der Waals surface area contributed by atoms with Gasteiger partial charge in [0.2, 0.25) is 5.91 Å². The first-order valence-corrected chi connectivity index (χ1v) is 7.41. The van der Waals surface area contributed by atoms with Crippen LogP contribution in [0.4, 0.5) is 14.6 Å². The fourth-order valence-corrected chi connectivity index (χ4v) is 2.11. The minimum Gasteiger partial charge on any atom is -0.493 e. The minimum absolute atomic E-state index is 0.0589. The maximum Gasteiger partial charge on any atom is 0.387 e. The standard InChI is InChI=1S/C16H17F2N3O5/c1-9-6-13(20-26-9)19-14(22)8-21(2)15(23)10-4-5-11(24-3)12(7-10)25-16(17)18/h4-7,16H,8H2,1-3H3,(H,19,20,22). The van der Waals surface area contributed by atoms with Gasteiger partial charge in [-0.1, -0.05) is 5.16 Å². The Labute approximate surface area is 147 Å². The van der Waals surface area contributed by atoms with Gasteiger partial charge in [0.05, 0.1) is 13.7 Å². The molecule has 0 bridgehead atoms. The molecule has 0 unspecified atom stereocenters. The number of nitrogens with zero attached hydrogens (tertiary/aromatic N) is 2. The number of nitrogens with one attached hydrogen (secondary N) is 1. The zero-order valence-electron chi connectivity index (χ0n) is 14.3. The number of likely N-dealkylation sites (N-methyl/N-ethyl adjacent to an activating group) is 1. The first-order chi connectivity index (χ1) is 12.3. The van der Waals surface area contributed by atoms with Crippen LogP contribution in [0, 0.1) is 6.92 Å². The van der Waals surface area contributed by atoms with Crippen LogP contribution in [0.5, 0.6) is 11.5 Å². The van der Waals surface area contributed by atoms with Gasteiger partial charge in [-0.3, -0.25) is 9.59 Å². The number of alkyl halides is 2. The van der Waals surface area contributed by atoms with Crippen LogP contribution < -0.4 is 14.8 Å². The van der Waals surface area contributed by atoms with E-state index >= 15 is 0 Å². The molecule has 140 valence electrons. The highest BCUT2D eigenvalue weighted by molar-refractivity contribution is 5.99. The summed E-state index contributed by atoms with van der Waals surface area (Å²) in [4.78, 5) is 25.5. The molecule has 1 N–H and O–H groups in total. The third-order valence-corrected chi connectivity index (χ3v) is 3.25. The number of hydrogen-bond donors (Lipinski definition) is 1. The van der Waals surface area contributed by atoms with E-state index in [0.717, 1.165) is 11.0 Å². The average Bonchev–Trinajstić information content (AvgIpc) is 2.98. The number of carbonyl (C=O) groups excluding carboxylic acids is 2. The maximum atomic E-state index is 12.5. The summed E-state index contributed by atoms with van der Waals surface area (Å²) in [7, 11) is 2.69. The van der Waals surface area contributed by atoms with Crippen molar-refractivity contribution in [2.24, 2.45) is 0 Å². The largest absolute Gasteiger partial charge is 0.493 e. The van der Waals surface area contributed by atoms with Gasteiger partial charge in [-0.05, 0) is 25.1 Å². The molecular formula is C16H17F2N3O5. The minimum atomic E-state index is -3.07. The van der Waals surface area contributed by atoms with Crippen molar-refractivity contribution in [1.29, 1.82) is 0 Å². The van der Waals surface area contributed by atoms with Crippen LogP contribution in [0.15, 0.2) is 28.8 Å². The molecule has 1 aromatic carbocycles. The van der Waals surface area contributed by atoms with Gasteiger partial charge >= 0.3 is 6.61 Å². The number of halogens is 2. The van der Waals surface area contributed by atoms with E-state index in [1.807, 2.05) is 0 Å². The highest BCUT2D eigenvalue weighted by Gasteiger charge is 2.19. The second-order valence-electron chi connectivity index (χ2n) is 5.28. The molecule has 0 spiro atoms. The van der Waals surface area contributed by atoms with Gasteiger partial charge < -0.3 is 24.2 Å². The fourth-order valence-electron chi connectivity index (χ4n) is 2.11. The predicted octanol–water partition coefficient (Wildman–Crippen LogP) is 2.30. The smallest absolute Gasteiger partial charge is 0.387 e. The van der Waals surface area contributed by atoms with Crippen LogP contribution in [0.25, 0.3) is 0 Å². The lowest BCUT2D eigenvalue weighted by Crippen LogP contribution is -2.35. The molecule has 0 saturated heterocycles. The van der Waals surface area contributed by atoms with Gasteiger partial charge in [0, 0.05) is 18.7 Å². The van der Waals surface area contributed by atoms with Crippen molar-refractivity contribution in [1.82, 2.24) is 10.1 Å². The highest BCUT2D eigenvalue weighted by Crippen LogP contribution is 2.29. The van der Waals surface area contributed by atoms with E-state index in [-0.39, 0.29) is 29.4 Å². The van der Waals surface area contributed by atoms with Crippen molar-refractivity contribution in [3.05, 3.63) is 35.6 Å². The number of anilines is 1. The topological polar surface area (TPSA) is 93.9 Å². The zero-order chi connectivity index (χ0) is 19.3. The first-order valence-electron chi connectivity index (χ1n) is 7.41. The van der Waals surface area contributed by atoms with Crippen molar-refractivity contribution >= 4 is 17.6 Å². The summed E-state index contributed by atoms with van der Waals surface area (Å²) in [5.74, 6) is -0.516. The van der Waals surface area contributed by atoms with Gasteiger partial charge in [-0.25, -0.2) is 0 Å². The Morgan fingerprint density at radius 3 is 2.62 bits per heavy atom. The van der Waals surface area contributed by atoms with Crippen LogP contribution in [-0.4, -0.2) is 49.2 Å². The first kappa shape index (κ1) is 19.2. The normalized spacial score (nSPS) is 10.5. The number of carbonyl (C=O) groups is 2. The molecule has 0 aliphatic heterocycles. The summed E-state index contributed by atoms with van der Waals surface area (Å²) >= 11 is 0. The molecule has 2 aromatic rings. The predicted molar refractivity (Wildman–Crippen MR) is 86.5 cm³/mol. The molecule has 0 fully saturated rings. The molecule has 0 atom stereocenters. The Hall–Kier alpha value is -3.17. The molecule has 1 aromatic heterocycles. The van der Waals surface area contributed by atoms with E-state index < -0.39 is 18.4 Å². The van der Waals surface area contributed by atoms with E-state index in [0.29, 0.717) is 5.76 Å². The van der Waals surface area contributed by atoms with Gasteiger partial charge in [-0.2, -0.15) is 8.78 Å². The number of hydrogen-bond acceptors (Lipinski definition) is 6. The number of amides is 2. The fraction of sp³-hybridized carbons (Fsp3) is 0.312. The maximum absolute atomic E-state index is 12.5. The van der Waals surface area contributed by atoms with Crippen molar-refractivity contribution in [2.75, 3.05) is 26.0 Å². The highest BCUT2D eigenvalue weighted by atomic mass is 19.3. The van der Waals surface area contributed by atoms with Gasteiger partial charge in [0.1, 0.15) is 5.76 Å². The van der Waals surface area contributed by atoms with Crippen molar-refractivity contribution in [3.63, 3.8) is 0 Å². The Kier molecular flexibility index (Phi) is 6.10. The monoisotopic (exact) mass is 369 g/mol. The zero-order valence-corrected chi connectivity index (χ0v) is 14.3. The van der Waals surface area contributed by atoms with E-state index in [1.165, 1.54) is 32.4 Å². The molecule has 0 aliphatic carbocycles. The third-order valence-electron chi connectivity index (χ3n) is 3.25. The van der Waals surface area contributed by atoms with Crippen LogP contribution in [-0.2, 0) is 4.79 Å². The lowest BCUT2D eigenvalue weighted by Gasteiger charge is -2.17. The van der Waals surface area contributed by atoms with E-state index in [1.54, 1.807) is 6.92 Å². The van der Waals surface area contributed by atoms with E-state index in [4.69, 9.17) is 9.26 Å². The van der Waals surface area contributed by atoms with Gasteiger partial charge in [-0.15, -0.1) is 0 Å². The SMILES string of the molecule is COc1ccc(C(=O)N(C)CC(=O)Nc2cc(C)on2)cc1OC(F)F. The molecule has 10 heteroatoms. The second-order valence-corrected chi connectivity index (χ2v) is 5.28. The summed E-state index contributed by atoms with van der Waals surface area (Å²) in [5, 5.41) is 6.09. The number of aromatic nitrogens is 1. The lowest BCUT2D eigenvalue weighted by molar-refractivity contribution is -0.116. The molecule has 8 nitrogen and oxygen atoms in total. The molecule has 26 heavy (non-hydrogen) atoms. The molecule has 0 radical (unpaired) electrons. The third kappa shape index (κ3) is 4.91. The summed E-state index contributed by atoms with van der Waals surface area (Å²) in [5.41, 5.74) is 0.0639. The molecule has 2 rings (SSSR count). The molecule has 0 aliphatic rings. The second kappa shape index (κ2) is 8.28. The number of aryl methyl sites for hydroxylation is 1. The van der Waals surface area contributed by atoms with Crippen molar-refractivity contribution < 1.29 is 32.4 Å². The number of rotatable bonds is 7. The molecule has 0 saturated carbocycles. The number of ether oxygens (including phenoxy) is 2. The molecule has 2 amide bonds. The lowest BCUT2D eigenvalue weighted by atomic mass is 10.1. The Bertz CT molecular complexity index is 794.